The van der Waals surface area contributed by atoms with Crippen molar-refractivity contribution in [2.75, 3.05) is 26.3 Å². The van der Waals surface area contributed by atoms with Crippen LogP contribution < -0.4 is 0 Å². The van der Waals surface area contributed by atoms with Crippen molar-refractivity contribution in [3.05, 3.63) is 65.7 Å². The molecule has 0 aliphatic carbocycles. The maximum Gasteiger partial charge on any atom is 0.123 e. The van der Waals surface area contributed by atoms with E-state index >= 15 is 0 Å². The van der Waals surface area contributed by atoms with Gasteiger partial charge in [0.05, 0.1) is 13.2 Å². The number of hydrogen-bond acceptors (Lipinski definition) is 3. The Kier molecular flexibility index (Phi) is 5.14. The van der Waals surface area contributed by atoms with Crippen LogP contribution in [0.4, 0.5) is 4.39 Å². The molecule has 2 heterocycles. The lowest BCUT2D eigenvalue weighted by atomic mass is 9.99. The van der Waals surface area contributed by atoms with Gasteiger partial charge < -0.3 is 4.74 Å². The van der Waals surface area contributed by atoms with E-state index in [1.54, 1.807) is 6.20 Å². The maximum atomic E-state index is 13.0. The van der Waals surface area contributed by atoms with E-state index in [2.05, 4.69) is 16.0 Å². The Morgan fingerprint density at radius 2 is 2.05 bits per heavy atom. The van der Waals surface area contributed by atoms with Crippen molar-refractivity contribution < 1.29 is 9.13 Å². The fourth-order valence-electron chi connectivity index (χ4n) is 2.92. The molecule has 1 fully saturated rings. The molecule has 3 rings (SSSR count). The first-order chi connectivity index (χ1) is 10.8. The molecular weight excluding hydrogens is 279 g/mol. The molecule has 2 aromatic rings. The third-order valence-electron chi connectivity index (χ3n) is 3.99. The van der Waals surface area contributed by atoms with E-state index in [1.165, 1.54) is 23.3 Å². The van der Waals surface area contributed by atoms with Gasteiger partial charge in [0, 0.05) is 32.0 Å². The summed E-state index contributed by atoms with van der Waals surface area (Å²) in [7, 11) is 0. The Bertz CT molecular complexity index is 573. The van der Waals surface area contributed by atoms with E-state index in [0.717, 1.165) is 39.3 Å². The highest BCUT2D eigenvalue weighted by atomic mass is 19.1. The number of hydrogen-bond donors (Lipinski definition) is 0. The molecular formula is C18H21FN2O. The number of benzene rings is 1. The number of rotatable bonds is 4. The third-order valence-corrected chi connectivity index (χ3v) is 3.99. The molecule has 0 spiro atoms. The Balaban J connectivity index is 1.61. The van der Waals surface area contributed by atoms with Gasteiger partial charge in [-0.05, 0) is 41.7 Å². The van der Waals surface area contributed by atoms with Crippen LogP contribution in [0.5, 0.6) is 0 Å². The van der Waals surface area contributed by atoms with E-state index in [0.29, 0.717) is 5.92 Å². The normalized spacial score (nSPS) is 19.8. The van der Waals surface area contributed by atoms with Gasteiger partial charge in [0.25, 0.3) is 0 Å². The van der Waals surface area contributed by atoms with Crippen molar-refractivity contribution in [3.63, 3.8) is 0 Å². The Morgan fingerprint density at radius 3 is 2.82 bits per heavy atom. The van der Waals surface area contributed by atoms with Crippen LogP contribution in [-0.2, 0) is 17.7 Å². The highest BCUT2D eigenvalue weighted by molar-refractivity contribution is 5.17. The summed E-state index contributed by atoms with van der Waals surface area (Å²) in [6.07, 6.45) is 4.64. The minimum absolute atomic E-state index is 0.181. The van der Waals surface area contributed by atoms with Gasteiger partial charge in [-0.25, -0.2) is 4.39 Å². The zero-order valence-electron chi connectivity index (χ0n) is 12.6. The molecule has 1 atom stereocenters. The Hall–Kier alpha value is -1.78. The number of halogens is 1. The topological polar surface area (TPSA) is 25.4 Å². The van der Waals surface area contributed by atoms with Crippen LogP contribution in [0.15, 0.2) is 48.8 Å². The quantitative estimate of drug-likeness (QED) is 0.868. The van der Waals surface area contributed by atoms with Gasteiger partial charge in [-0.1, -0.05) is 18.2 Å². The monoisotopic (exact) mass is 300 g/mol. The van der Waals surface area contributed by atoms with Crippen molar-refractivity contribution in [1.29, 1.82) is 0 Å². The van der Waals surface area contributed by atoms with Crippen LogP contribution in [0.2, 0.25) is 0 Å². The summed E-state index contributed by atoms with van der Waals surface area (Å²) in [6.45, 7) is 4.36. The fourth-order valence-corrected chi connectivity index (χ4v) is 2.92. The zero-order chi connectivity index (χ0) is 15.2. The van der Waals surface area contributed by atoms with Crippen LogP contribution in [0.3, 0.4) is 0 Å². The van der Waals surface area contributed by atoms with Crippen LogP contribution in [-0.4, -0.2) is 36.2 Å². The summed E-state index contributed by atoms with van der Waals surface area (Å²) in [5, 5.41) is 0. The summed E-state index contributed by atoms with van der Waals surface area (Å²) < 4.78 is 18.7. The second-order valence-electron chi connectivity index (χ2n) is 5.87. The molecule has 1 aliphatic heterocycles. The molecule has 1 aromatic heterocycles. The predicted octanol–water partition coefficient (Wildman–Crippen LogP) is 2.91. The van der Waals surface area contributed by atoms with E-state index in [-0.39, 0.29) is 5.82 Å². The average Bonchev–Trinajstić information content (AvgIpc) is 2.76. The van der Waals surface area contributed by atoms with E-state index in [4.69, 9.17) is 4.74 Å². The zero-order valence-corrected chi connectivity index (χ0v) is 12.6. The second-order valence-corrected chi connectivity index (χ2v) is 5.87. The van der Waals surface area contributed by atoms with E-state index in [9.17, 15) is 4.39 Å². The van der Waals surface area contributed by atoms with Crippen LogP contribution in [0.25, 0.3) is 0 Å². The summed E-state index contributed by atoms with van der Waals surface area (Å²) in [4.78, 5) is 6.59. The lowest BCUT2D eigenvalue weighted by molar-refractivity contribution is 0.121. The van der Waals surface area contributed by atoms with Crippen molar-refractivity contribution in [2.45, 2.75) is 13.0 Å². The van der Waals surface area contributed by atoms with Gasteiger partial charge in [-0.15, -0.1) is 0 Å². The summed E-state index contributed by atoms with van der Waals surface area (Å²) in [5.41, 5.74) is 2.39. The van der Waals surface area contributed by atoms with Crippen molar-refractivity contribution >= 4 is 0 Å². The van der Waals surface area contributed by atoms with E-state index in [1.807, 2.05) is 24.4 Å². The summed E-state index contributed by atoms with van der Waals surface area (Å²) in [5.74, 6) is 0.253. The number of ether oxygens (including phenoxy) is 1. The standard InChI is InChI=1S/C18H21FN2O/c19-18-5-3-15(4-6-18)10-17-13-21(8-9-22-14-17)12-16-2-1-7-20-11-16/h1-7,11,17H,8-10,12-14H2. The molecule has 0 N–H and O–H groups in total. The molecule has 4 heteroatoms. The first-order valence-electron chi connectivity index (χ1n) is 7.73. The highest BCUT2D eigenvalue weighted by Gasteiger charge is 2.19. The minimum Gasteiger partial charge on any atom is -0.380 e. The molecule has 1 saturated heterocycles. The molecule has 3 nitrogen and oxygen atoms in total. The number of pyridine rings is 1. The van der Waals surface area contributed by atoms with E-state index < -0.39 is 0 Å². The van der Waals surface area contributed by atoms with Gasteiger partial charge in [-0.2, -0.15) is 0 Å². The largest absolute Gasteiger partial charge is 0.380 e. The van der Waals surface area contributed by atoms with Crippen LogP contribution in [0, 0.1) is 11.7 Å². The Morgan fingerprint density at radius 1 is 1.18 bits per heavy atom. The molecule has 0 amide bonds. The fraction of sp³-hybridized carbons (Fsp3) is 0.389. The average molecular weight is 300 g/mol. The lowest BCUT2D eigenvalue weighted by Crippen LogP contribution is -2.30. The first-order valence-corrected chi connectivity index (χ1v) is 7.73. The van der Waals surface area contributed by atoms with Gasteiger partial charge in [0.2, 0.25) is 0 Å². The molecule has 1 aromatic carbocycles. The minimum atomic E-state index is -0.181. The number of aromatic nitrogens is 1. The van der Waals surface area contributed by atoms with Gasteiger partial charge in [0.1, 0.15) is 5.82 Å². The van der Waals surface area contributed by atoms with Crippen LogP contribution in [0.1, 0.15) is 11.1 Å². The van der Waals surface area contributed by atoms with Crippen molar-refractivity contribution in [3.8, 4) is 0 Å². The van der Waals surface area contributed by atoms with Crippen LogP contribution >= 0.6 is 0 Å². The third kappa shape index (κ3) is 4.36. The lowest BCUT2D eigenvalue weighted by Gasteiger charge is -2.23. The molecule has 22 heavy (non-hydrogen) atoms. The smallest absolute Gasteiger partial charge is 0.123 e. The molecule has 1 unspecified atom stereocenters. The molecule has 0 radical (unpaired) electrons. The van der Waals surface area contributed by atoms with Gasteiger partial charge in [0.15, 0.2) is 0 Å². The second kappa shape index (κ2) is 7.47. The van der Waals surface area contributed by atoms with Crippen molar-refractivity contribution in [1.82, 2.24) is 9.88 Å². The predicted molar refractivity (Wildman–Crippen MR) is 83.9 cm³/mol. The van der Waals surface area contributed by atoms with Gasteiger partial charge >= 0.3 is 0 Å². The molecule has 1 aliphatic rings. The maximum absolute atomic E-state index is 13.0. The summed E-state index contributed by atoms with van der Waals surface area (Å²) in [6, 6.07) is 10.9. The van der Waals surface area contributed by atoms with Gasteiger partial charge in [-0.3, -0.25) is 9.88 Å². The molecule has 0 bridgehead atoms. The first kappa shape index (κ1) is 15.1. The molecule has 0 saturated carbocycles. The summed E-state index contributed by atoms with van der Waals surface area (Å²) >= 11 is 0. The van der Waals surface area contributed by atoms with Crippen molar-refractivity contribution in [2.24, 2.45) is 5.92 Å². The Labute approximate surface area is 130 Å². The SMILES string of the molecule is Fc1ccc(CC2COCCN(Cc3cccnc3)C2)cc1. The number of nitrogens with zero attached hydrogens (tertiary/aromatic N) is 2. The highest BCUT2D eigenvalue weighted by Crippen LogP contribution is 2.16. The molecule has 116 valence electrons.